The van der Waals surface area contributed by atoms with E-state index in [2.05, 4.69) is 27.2 Å². The second-order valence-electron chi connectivity index (χ2n) is 4.38. The zero-order valence-corrected chi connectivity index (χ0v) is 9.27. The lowest BCUT2D eigenvalue weighted by Crippen LogP contribution is -2.30. The zero-order chi connectivity index (χ0) is 11.5. The first-order chi connectivity index (χ1) is 7.68. The van der Waals surface area contributed by atoms with Crippen LogP contribution in [0.1, 0.15) is 36.7 Å². The van der Waals surface area contributed by atoms with Crippen molar-refractivity contribution in [2.45, 2.75) is 26.2 Å². The Morgan fingerprint density at radius 3 is 2.94 bits per heavy atom. The lowest BCUT2D eigenvalue weighted by atomic mass is 9.98. The molecule has 3 N–H and O–H groups in total. The van der Waals surface area contributed by atoms with Crippen molar-refractivity contribution in [1.82, 2.24) is 15.6 Å². The highest BCUT2D eigenvalue weighted by Gasteiger charge is 2.24. The van der Waals surface area contributed by atoms with E-state index >= 15 is 0 Å². The fraction of sp³-hybridized carbons (Fsp3) is 0.700. The average molecular weight is 224 g/mol. The first kappa shape index (κ1) is 10.9. The van der Waals surface area contributed by atoms with Crippen LogP contribution in [0.5, 0.6) is 0 Å². The van der Waals surface area contributed by atoms with E-state index in [1.807, 2.05) is 0 Å². The normalized spacial score (nSPS) is 24.6. The predicted octanol–water partition coefficient (Wildman–Crippen LogP) is 0.818. The van der Waals surface area contributed by atoms with Gasteiger partial charge in [-0.05, 0) is 28.6 Å². The number of anilines is 1. The maximum Gasteiger partial charge on any atom is 0.277 e. The van der Waals surface area contributed by atoms with E-state index in [0.29, 0.717) is 18.4 Å². The minimum Gasteiger partial charge on any atom is -0.379 e. The van der Waals surface area contributed by atoms with Crippen LogP contribution in [0, 0.1) is 11.8 Å². The topological polar surface area (TPSA) is 94.0 Å². The minimum atomic E-state index is -0.308. The third-order valence-electron chi connectivity index (χ3n) is 3.29. The molecule has 1 fully saturated rings. The van der Waals surface area contributed by atoms with Crippen molar-refractivity contribution in [2.24, 2.45) is 11.8 Å². The molecular formula is C10H16N4O2. The Kier molecular flexibility index (Phi) is 3.07. The third-order valence-corrected chi connectivity index (χ3v) is 3.29. The summed E-state index contributed by atoms with van der Waals surface area (Å²) in [6, 6.07) is 0. The van der Waals surface area contributed by atoms with Gasteiger partial charge in [-0.1, -0.05) is 19.8 Å². The van der Waals surface area contributed by atoms with Crippen LogP contribution in [0.15, 0.2) is 4.63 Å². The molecule has 1 saturated carbocycles. The Bertz CT molecular complexity index is 377. The standard InChI is InChI=1S/C10H16N4O2/c1-6-3-2-4-7(6)5-12-10(15)8-9(11)14-16-13-8/h6-7H,2-5H2,1H3,(H2,11,14)(H,12,15). The Labute approximate surface area is 93.5 Å². The molecule has 0 saturated heterocycles. The predicted molar refractivity (Wildman–Crippen MR) is 57.5 cm³/mol. The van der Waals surface area contributed by atoms with E-state index in [0.717, 1.165) is 0 Å². The quantitative estimate of drug-likeness (QED) is 0.792. The summed E-state index contributed by atoms with van der Waals surface area (Å²) in [4.78, 5) is 11.6. The van der Waals surface area contributed by atoms with Gasteiger partial charge in [0.2, 0.25) is 11.5 Å². The lowest BCUT2D eigenvalue weighted by molar-refractivity contribution is 0.0935. The van der Waals surface area contributed by atoms with Crippen molar-refractivity contribution in [2.75, 3.05) is 12.3 Å². The summed E-state index contributed by atoms with van der Waals surface area (Å²) in [7, 11) is 0. The lowest BCUT2D eigenvalue weighted by Gasteiger charge is -2.15. The maximum absolute atomic E-state index is 11.6. The number of hydrogen-bond acceptors (Lipinski definition) is 5. The number of aromatic nitrogens is 2. The van der Waals surface area contributed by atoms with Crippen LogP contribution in [0.25, 0.3) is 0 Å². The smallest absolute Gasteiger partial charge is 0.277 e. The summed E-state index contributed by atoms with van der Waals surface area (Å²) < 4.78 is 4.37. The van der Waals surface area contributed by atoms with Gasteiger partial charge < -0.3 is 11.1 Å². The number of hydrogen-bond donors (Lipinski definition) is 2. The number of nitrogens with zero attached hydrogens (tertiary/aromatic N) is 2. The highest BCUT2D eigenvalue weighted by atomic mass is 16.6. The van der Waals surface area contributed by atoms with Crippen LogP contribution in [0.2, 0.25) is 0 Å². The monoisotopic (exact) mass is 224 g/mol. The van der Waals surface area contributed by atoms with Crippen molar-refractivity contribution in [3.63, 3.8) is 0 Å². The van der Waals surface area contributed by atoms with Gasteiger partial charge in [0.05, 0.1) is 0 Å². The summed E-state index contributed by atoms with van der Waals surface area (Å²) in [6.07, 6.45) is 3.66. The molecule has 0 bridgehead atoms. The van der Waals surface area contributed by atoms with Crippen molar-refractivity contribution < 1.29 is 9.42 Å². The molecule has 1 aliphatic rings. The molecule has 88 valence electrons. The molecule has 1 heterocycles. The van der Waals surface area contributed by atoms with Gasteiger partial charge in [-0.3, -0.25) is 4.79 Å². The van der Waals surface area contributed by atoms with Gasteiger partial charge in [-0.2, -0.15) is 0 Å². The number of nitrogens with one attached hydrogen (secondary N) is 1. The van der Waals surface area contributed by atoms with E-state index in [1.165, 1.54) is 19.3 Å². The fourth-order valence-electron chi connectivity index (χ4n) is 2.19. The SMILES string of the molecule is CC1CCCC1CNC(=O)c1nonc1N. The van der Waals surface area contributed by atoms with Gasteiger partial charge in [0.15, 0.2) is 0 Å². The highest BCUT2D eigenvalue weighted by molar-refractivity contribution is 5.95. The molecule has 2 rings (SSSR count). The molecular weight excluding hydrogens is 208 g/mol. The molecule has 1 aromatic heterocycles. The molecule has 1 amide bonds. The average Bonchev–Trinajstić information content (AvgIpc) is 2.84. The Balaban J connectivity index is 1.86. The first-order valence-electron chi connectivity index (χ1n) is 5.54. The number of nitrogen functional groups attached to an aromatic ring is 1. The summed E-state index contributed by atoms with van der Waals surface area (Å²) >= 11 is 0. The van der Waals surface area contributed by atoms with Crippen molar-refractivity contribution in [3.05, 3.63) is 5.69 Å². The van der Waals surface area contributed by atoms with Gasteiger partial charge in [-0.25, -0.2) is 4.63 Å². The number of carbonyl (C=O) groups is 1. The molecule has 6 nitrogen and oxygen atoms in total. The molecule has 0 radical (unpaired) electrons. The molecule has 0 aromatic carbocycles. The number of nitrogens with two attached hydrogens (primary N) is 1. The summed E-state index contributed by atoms with van der Waals surface area (Å²) in [5.41, 5.74) is 5.50. The van der Waals surface area contributed by atoms with E-state index in [4.69, 9.17) is 5.73 Å². The molecule has 1 aromatic rings. The van der Waals surface area contributed by atoms with Crippen LogP contribution in [0.4, 0.5) is 5.82 Å². The van der Waals surface area contributed by atoms with Crippen molar-refractivity contribution in [1.29, 1.82) is 0 Å². The third kappa shape index (κ3) is 2.15. The van der Waals surface area contributed by atoms with Crippen LogP contribution in [0.3, 0.4) is 0 Å². The largest absolute Gasteiger partial charge is 0.379 e. The number of carbonyl (C=O) groups excluding carboxylic acids is 1. The Hall–Kier alpha value is -1.59. The van der Waals surface area contributed by atoms with Gasteiger partial charge in [0.25, 0.3) is 5.91 Å². The van der Waals surface area contributed by atoms with E-state index in [9.17, 15) is 4.79 Å². The van der Waals surface area contributed by atoms with E-state index in [1.54, 1.807) is 0 Å². The second-order valence-corrected chi connectivity index (χ2v) is 4.38. The summed E-state index contributed by atoms with van der Waals surface area (Å²) in [6.45, 7) is 2.89. The van der Waals surface area contributed by atoms with E-state index < -0.39 is 0 Å². The summed E-state index contributed by atoms with van der Waals surface area (Å²) in [5.74, 6) is 0.966. The molecule has 16 heavy (non-hydrogen) atoms. The van der Waals surface area contributed by atoms with Crippen molar-refractivity contribution >= 4 is 11.7 Å². The van der Waals surface area contributed by atoms with Gasteiger partial charge in [-0.15, -0.1) is 0 Å². The maximum atomic E-state index is 11.6. The van der Waals surface area contributed by atoms with Gasteiger partial charge in [0, 0.05) is 6.54 Å². The van der Waals surface area contributed by atoms with Crippen LogP contribution in [-0.4, -0.2) is 22.8 Å². The fourth-order valence-corrected chi connectivity index (χ4v) is 2.19. The molecule has 0 aliphatic heterocycles. The second kappa shape index (κ2) is 4.51. The van der Waals surface area contributed by atoms with Crippen LogP contribution >= 0.6 is 0 Å². The van der Waals surface area contributed by atoms with Crippen LogP contribution < -0.4 is 11.1 Å². The van der Waals surface area contributed by atoms with Crippen LogP contribution in [-0.2, 0) is 0 Å². The number of rotatable bonds is 3. The molecule has 2 atom stereocenters. The Morgan fingerprint density at radius 1 is 1.56 bits per heavy atom. The molecule has 2 unspecified atom stereocenters. The highest BCUT2D eigenvalue weighted by Crippen LogP contribution is 2.30. The number of amides is 1. The zero-order valence-electron chi connectivity index (χ0n) is 9.27. The van der Waals surface area contributed by atoms with Gasteiger partial charge >= 0.3 is 0 Å². The van der Waals surface area contributed by atoms with E-state index in [-0.39, 0.29) is 17.4 Å². The van der Waals surface area contributed by atoms with Gasteiger partial charge in [0.1, 0.15) is 0 Å². The first-order valence-corrected chi connectivity index (χ1v) is 5.54. The molecule has 0 spiro atoms. The molecule has 6 heteroatoms. The Morgan fingerprint density at radius 2 is 2.38 bits per heavy atom. The summed E-state index contributed by atoms with van der Waals surface area (Å²) in [5, 5.41) is 9.64. The van der Waals surface area contributed by atoms with Crippen molar-refractivity contribution in [3.8, 4) is 0 Å². The molecule has 1 aliphatic carbocycles. The minimum absolute atomic E-state index is 0.0389.